The maximum Gasteiger partial charge on any atom is 0.227 e. The number of likely N-dealkylation sites (tertiary alicyclic amines) is 1. The van der Waals surface area contributed by atoms with Crippen LogP contribution in [0.25, 0.3) is 0 Å². The lowest BCUT2D eigenvalue weighted by atomic mass is 9.96. The van der Waals surface area contributed by atoms with E-state index in [9.17, 15) is 4.79 Å². The van der Waals surface area contributed by atoms with Crippen LogP contribution in [0.5, 0.6) is 0 Å². The van der Waals surface area contributed by atoms with E-state index in [2.05, 4.69) is 46.1 Å². The minimum Gasteiger partial charge on any atom is -0.354 e. The smallest absolute Gasteiger partial charge is 0.227 e. The van der Waals surface area contributed by atoms with Crippen LogP contribution in [0, 0.1) is 12.8 Å². The van der Waals surface area contributed by atoms with Gasteiger partial charge in [-0.25, -0.2) is 9.97 Å². The van der Waals surface area contributed by atoms with E-state index in [1.807, 2.05) is 4.90 Å². The second-order valence-corrected chi connectivity index (χ2v) is 8.48. The standard InChI is InChI=1S/C21H26N4OS/c1-16-6-4-8-18(14-16)27-20-19(22-9-10-23-20)25-13-5-7-17(15-25)21(26)24-11-2-3-12-24/h4,6,8-10,14,17H,2-3,5,7,11-13,15H2,1H3. The fourth-order valence-corrected chi connectivity index (χ4v) is 4.97. The number of amides is 1. The highest BCUT2D eigenvalue weighted by atomic mass is 32.2. The highest BCUT2D eigenvalue weighted by molar-refractivity contribution is 7.99. The molecule has 4 rings (SSSR count). The minimum absolute atomic E-state index is 0.0793. The summed E-state index contributed by atoms with van der Waals surface area (Å²) in [6.07, 6.45) is 7.79. The largest absolute Gasteiger partial charge is 0.354 e. The van der Waals surface area contributed by atoms with Crippen molar-refractivity contribution in [1.82, 2.24) is 14.9 Å². The zero-order valence-corrected chi connectivity index (χ0v) is 16.6. The zero-order chi connectivity index (χ0) is 18.6. The van der Waals surface area contributed by atoms with E-state index in [0.29, 0.717) is 5.91 Å². The van der Waals surface area contributed by atoms with Crippen molar-refractivity contribution < 1.29 is 4.79 Å². The summed E-state index contributed by atoms with van der Waals surface area (Å²) in [5, 5.41) is 0.914. The van der Waals surface area contributed by atoms with Crippen LogP contribution in [0.4, 0.5) is 5.82 Å². The van der Waals surface area contributed by atoms with Crippen molar-refractivity contribution in [3.63, 3.8) is 0 Å². The molecule has 2 fully saturated rings. The number of benzene rings is 1. The molecule has 0 saturated carbocycles. The van der Waals surface area contributed by atoms with Gasteiger partial charge in [0.1, 0.15) is 5.03 Å². The molecule has 142 valence electrons. The van der Waals surface area contributed by atoms with Gasteiger partial charge in [-0.15, -0.1) is 0 Å². The van der Waals surface area contributed by atoms with Gasteiger partial charge in [0.15, 0.2) is 5.82 Å². The Morgan fingerprint density at radius 1 is 1.11 bits per heavy atom. The molecule has 5 nitrogen and oxygen atoms in total. The molecule has 1 amide bonds. The van der Waals surface area contributed by atoms with E-state index >= 15 is 0 Å². The van der Waals surface area contributed by atoms with Gasteiger partial charge in [-0.1, -0.05) is 29.5 Å². The van der Waals surface area contributed by atoms with Crippen LogP contribution in [0.1, 0.15) is 31.2 Å². The lowest BCUT2D eigenvalue weighted by molar-refractivity contribution is -0.134. The van der Waals surface area contributed by atoms with Crippen LogP contribution in [-0.2, 0) is 4.79 Å². The van der Waals surface area contributed by atoms with Gasteiger partial charge in [0.2, 0.25) is 5.91 Å². The van der Waals surface area contributed by atoms with Crippen LogP contribution in [-0.4, -0.2) is 47.0 Å². The number of rotatable bonds is 4. The third-order valence-electron chi connectivity index (χ3n) is 5.34. The third kappa shape index (κ3) is 4.26. The van der Waals surface area contributed by atoms with Gasteiger partial charge >= 0.3 is 0 Å². The predicted molar refractivity (Wildman–Crippen MR) is 108 cm³/mol. The summed E-state index contributed by atoms with van der Waals surface area (Å²) in [5.41, 5.74) is 1.24. The van der Waals surface area contributed by atoms with E-state index in [1.54, 1.807) is 24.2 Å². The first-order valence-corrected chi connectivity index (χ1v) is 10.6. The number of carbonyl (C=O) groups is 1. The lowest BCUT2D eigenvalue weighted by Crippen LogP contribution is -2.44. The quantitative estimate of drug-likeness (QED) is 0.805. The molecule has 0 spiro atoms. The first-order valence-electron chi connectivity index (χ1n) is 9.80. The van der Waals surface area contributed by atoms with Crippen LogP contribution in [0.3, 0.4) is 0 Å². The third-order valence-corrected chi connectivity index (χ3v) is 6.31. The molecule has 1 aromatic heterocycles. The van der Waals surface area contributed by atoms with Gasteiger partial charge in [0, 0.05) is 43.5 Å². The van der Waals surface area contributed by atoms with E-state index in [0.717, 1.165) is 62.7 Å². The Labute approximate surface area is 165 Å². The Bertz CT molecular complexity index is 806. The van der Waals surface area contributed by atoms with Crippen molar-refractivity contribution >= 4 is 23.5 Å². The van der Waals surface area contributed by atoms with Crippen LogP contribution >= 0.6 is 11.8 Å². The molecule has 1 aromatic carbocycles. The number of hydrogen-bond donors (Lipinski definition) is 0. The average molecular weight is 383 g/mol. The topological polar surface area (TPSA) is 49.3 Å². The van der Waals surface area contributed by atoms with E-state index in [4.69, 9.17) is 0 Å². The minimum atomic E-state index is 0.0793. The molecule has 0 aliphatic carbocycles. The van der Waals surface area contributed by atoms with Gasteiger partial charge < -0.3 is 9.80 Å². The summed E-state index contributed by atoms with van der Waals surface area (Å²) in [7, 11) is 0. The highest BCUT2D eigenvalue weighted by Crippen LogP contribution is 2.34. The summed E-state index contributed by atoms with van der Waals surface area (Å²) in [6, 6.07) is 8.44. The summed E-state index contributed by atoms with van der Waals surface area (Å²) in [4.78, 5) is 27.5. The molecular weight excluding hydrogens is 356 g/mol. The first kappa shape index (κ1) is 18.3. The molecule has 0 radical (unpaired) electrons. The van der Waals surface area contributed by atoms with Gasteiger partial charge in [0.25, 0.3) is 0 Å². The number of anilines is 1. The molecule has 0 N–H and O–H groups in total. The molecule has 1 unspecified atom stereocenters. The fourth-order valence-electron chi connectivity index (χ4n) is 3.96. The maximum absolute atomic E-state index is 12.8. The Morgan fingerprint density at radius 2 is 1.93 bits per heavy atom. The van der Waals surface area contributed by atoms with Gasteiger partial charge in [0.05, 0.1) is 5.92 Å². The molecule has 27 heavy (non-hydrogen) atoms. The number of hydrogen-bond acceptors (Lipinski definition) is 5. The highest BCUT2D eigenvalue weighted by Gasteiger charge is 2.31. The molecule has 2 saturated heterocycles. The van der Waals surface area contributed by atoms with E-state index < -0.39 is 0 Å². The molecule has 1 atom stereocenters. The summed E-state index contributed by atoms with van der Waals surface area (Å²) >= 11 is 1.65. The van der Waals surface area contributed by atoms with E-state index in [-0.39, 0.29) is 5.92 Å². The fraction of sp³-hybridized carbons (Fsp3) is 0.476. The number of piperidine rings is 1. The van der Waals surface area contributed by atoms with Gasteiger partial charge in [-0.3, -0.25) is 4.79 Å². The molecule has 0 bridgehead atoms. The molecule has 2 aromatic rings. The molecule has 2 aliphatic heterocycles. The average Bonchev–Trinajstić information content (AvgIpc) is 3.23. The van der Waals surface area contributed by atoms with Crippen molar-refractivity contribution in [1.29, 1.82) is 0 Å². The van der Waals surface area contributed by atoms with Crippen LogP contribution < -0.4 is 4.90 Å². The van der Waals surface area contributed by atoms with Crippen molar-refractivity contribution in [3.05, 3.63) is 42.2 Å². The van der Waals surface area contributed by atoms with Crippen LogP contribution in [0.15, 0.2) is 46.6 Å². The Balaban J connectivity index is 1.51. The van der Waals surface area contributed by atoms with Gasteiger partial charge in [-0.05, 0) is 44.7 Å². The predicted octanol–water partition coefficient (Wildman–Crippen LogP) is 3.78. The SMILES string of the molecule is Cc1cccc(Sc2nccnc2N2CCCC(C(=O)N3CCCC3)C2)c1. The van der Waals surface area contributed by atoms with Gasteiger partial charge in [-0.2, -0.15) is 0 Å². The number of aryl methyl sites for hydroxylation is 1. The molecule has 3 heterocycles. The number of aromatic nitrogens is 2. The molecular formula is C21H26N4OS. The molecule has 6 heteroatoms. The summed E-state index contributed by atoms with van der Waals surface area (Å²) in [6.45, 7) is 5.63. The summed E-state index contributed by atoms with van der Waals surface area (Å²) in [5.74, 6) is 1.31. The second-order valence-electron chi connectivity index (χ2n) is 7.42. The van der Waals surface area contributed by atoms with Crippen LogP contribution in [0.2, 0.25) is 0 Å². The first-order chi connectivity index (χ1) is 13.2. The molecule has 2 aliphatic rings. The summed E-state index contributed by atoms with van der Waals surface area (Å²) < 4.78 is 0. The maximum atomic E-state index is 12.8. The Morgan fingerprint density at radius 3 is 2.74 bits per heavy atom. The monoisotopic (exact) mass is 382 g/mol. The number of nitrogens with zero attached hydrogens (tertiary/aromatic N) is 4. The van der Waals surface area contributed by atoms with Crippen molar-refractivity contribution in [2.24, 2.45) is 5.92 Å². The normalized spacial score (nSPS) is 20.1. The van der Waals surface area contributed by atoms with Crippen molar-refractivity contribution in [2.75, 3.05) is 31.1 Å². The second kappa shape index (κ2) is 8.30. The Hall–Kier alpha value is -2.08. The van der Waals surface area contributed by atoms with E-state index in [1.165, 1.54) is 10.5 Å². The Kier molecular flexibility index (Phi) is 5.62. The van der Waals surface area contributed by atoms with Crippen molar-refractivity contribution in [3.8, 4) is 0 Å². The number of carbonyl (C=O) groups excluding carboxylic acids is 1. The van der Waals surface area contributed by atoms with Crippen molar-refractivity contribution in [2.45, 2.75) is 42.5 Å². The lowest BCUT2D eigenvalue weighted by Gasteiger charge is -2.35. The zero-order valence-electron chi connectivity index (χ0n) is 15.8.